The summed E-state index contributed by atoms with van der Waals surface area (Å²) >= 11 is 0. The van der Waals surface area contributed by atoms with E-state index < -0.39 is 0 Å². The second-order valence-corrected chi connectivity index (χ2v) is 3.91. The van der Waals surface area contributed by atoms with E-state index in [4.69, 9.17) is 5.84 Å². The highest BCUT2D eigenvalue weighted by atomic mass is 15.3. The molecule has 0 atom stereocenters. The van der Waals surface area contributed by atoms with Crippen LogP contribution in [0.4, 0.5) is 5.95 Å². The summed E-state index contributed by atoms with van der Waals surface area (Å²) in [6.07, 6.45) is 4.27. The number of aromatic nitrogens is 2. The van der Waals surface area contributed by atoms with Crippen LogP contribution in [0, 0.1) is 0 Å². The van der Waals surface area contributed by atoms with Crippen molar-refractivity contribution in [1.82, 2.24) is 14.9 Å². The second-order valence-electron chi connectivity index (χ2n) is 3.91. The molecule has 1 aromatic heterocycles. The zero-order chi connectivity index (χ0) is 9.97. The van der Waals surface area contributed by atoms with Crippen molar-refractivity contribution in [2.75, 3.05) is 25.6 Å². The Kier molecular flexibility index (Phi) is 2.69. The number of nitrogens with two attached hydrogens (primary N) is 1. The minimum atomic E-state index is 0.612. The molecule has 0 amide bonds. The van der Waals surface area contributed by atoms with Gasteiger partial charge >= 0.3 is 0 Å². The van der Waals surface area contributed by atoms with E-state index in [-0.39, 0.29) is 0 Å². The molecule has 1 saturated heterocycles. The summed E-state index contributed by atoms with van der Waals surface area (Å²) in [6.45, 7) is 2.32. The minimum absolute atomic E-state index is 0.612. The molecule has 1 fully saturated rings. The molecule has 0 aliphatic carbocycles. The number of H-pyrrole nitrogens is 1. The van der Waals surface area contributed by atoms with Crippen molar-refractivity contribution in [2.45, 2.75) is 18.8 Å². The van der Waals surface area contributed by atoms with Crippen molar-refractivity contribution < 1.29 is 0 Å². The van der Waals surface area contributed by atoms with Gasteiger partial charge in [-0.15, -0.1) is 0 Å². The molecule has 14 heavy (non-hydrogen) atoms. The first-order chi connectivity index (χ1) is 6.79. The predicted octanol–water partition coefficient (Wildman–Crippen LogP) is 0.504. The van der Waals surface area contributed by atoms with Gasteiger partial charge in [-0.05, 0) is 33.0 Å². The van der Waals surface area contributed by atoms with Crippen LogP contribution in [0.5, 0.6) is 0 Å². The zero-order valence-corrected chi connectivity index (χ0v) is 8.45. The maximum absolute atomic E-state index is 5.26. The fourth-order valence-electron chi connectivity index (χ4n) is 1.94. The van der Waals surface area contributed by atoms with Gasteiger partial charge in [0.1, 0.15) is 0 Å². The normalized spacial score (nSPS) is 19.9. The summed E-state index contributed by atoms with van der Waals surface area (Å²) in [5.74, 6) is 6.53. The molecule has 1 aliphatic heterocycles. The predicted molar refractivity (Wildman–Crippen MR) is 55.9 cm³/mol. The molecule has 0 radical (unpaired) electrons. The van der Waals surface area contributed by atoms with Crippen molar-refractivity contribution in [3.8, 4) is 0 Å². The third-order valence-corrected chi connectivity index (χ3v) is 2.89. The molecule has 5 nitrogen and oxygen atoms in total. The Hall–Kier alpha value is -1.07. The molecule has 1 aromatic rings. The molecular weight excluding hydrogens is 178 g/mol. The summed E-state index contributed by atoms with van der Waals surface area (Å²) in [5, 5.41) is 0. The number of likely N-dealkylation sites (tertiary alicyclic amines) is 1. The van der Waals surface area contributed by atoms with E-state index in [1.54, 1.807) is 0 Å². The number of hydrogen-bond donors (Lipinski definition) is 3. The number of rotatable bonds is 2. The van der Waals surface area contributed by atoms with Gasteiger partial charge in [-0.2, -0.15) is 0 Å². The molecule has 78 valence electrons. The van der Waals surface area contributed by atoms with Gasteiger partial charge in [0.25, 0.3) is 0 Å². The average Bonchev–Trinajstić information content (AvgIpc) is 2.67. The van der Waals surface area contributed by atoms with Gasteiger partial charge < -0.3 is 9.88 Å². The smallest absolute Gasteiger partial charge is 0.214 e. The Morgan fingerprint density at radius 3 is 2.86 bits per heavy atom. The lowest BCUT2D eigenvalue weighted by molar-refractivity contribution is 0.253. The van der Waals surface area contributed by atoms with Gasteiger partial charge in [0.15, 0.2) is 0 Å². The summed E-state index contributed by atoms with van der Waals surface area (Å²) in [6, 6.07) is 0. The summed E-state index contributed by atoms with van der Waals surface area (Å²) < 4.78 is 0. The molecule has 0 saturated carbocycles. The van der Waals surface area contributed by atoms with Crippen molar-refractivity contribution in [3.63, 3.8) is 0 Å². The molecule has 2 heterocycles. The molecule has 0 aromatic carbocycles. The number of aromatic amines is 1. The van der Waals surface area contributed by atoms with E-state index in [9.17, 15) is 0 Å². The highest BCUT2D eigenvalue weighted by Gasteiger charge is 2.19. The fraction of sp³-hybridized carbons (Fsp3) is 0.667. The highest BCUT2D eigenvalue weighted by Crippen LogP contribution is 2.26. The van der Waals surface area contributed by atoms with Gasteiger partial charge in [0, 0.05) is 11.6 Å². The number of nitrogens with zero attached hydrogens (tertiary/aromatic N) is 2. The molecular formula is C9H17N5. The van der Waals surface area contributed by atoms with Gasteiger partial charge in [-0.3, -0.25) is 5.43 Å². The van der Waals surface area contributed by atoms with E-state index in [2.05, 4.69) is 27.3 Å². The molecule has 1 aliphatic rings. The number of piperidine rings is 1. The van der Waals surface area contributed by atoms with Crippen LogP contribution in [0.2, 0.25) is 0 Å². The van der Waals surface area contributed by atoms with Gasteiger partial charge in [0.05, 0.1) is 6.20 Å². The molecule has 0 spiro atoms. The molecule has 2 rings (SSSR count). The minimum Gasteiger partial charge on any atom is -0.327 e. The Balaban J connectivity index is 2.01. The number of hydrogen-bond acceptors (Lipinski definition) is 4. The number of hydrazine groups is 1. The Labute approximate surface area is 83.7 Å². The van der Waals surface area contributed by atoms with E-state index in [1.807, 2.05) is 6.20 Å². The SMILES string of the molecule is CN1CCC(c2cnc(NN)[nH]2)CC1. The Morgan fingerprint density at radius 1 is 1.57 bits per heavy atom. The van der Waals surface area contributed by atoms with Crippen LogP contribution in [-0.4, -0.2) is 35.0 Å². The fourth-order valence-corrected chi connectivity index (χ4v) is 1.94. The van der Waals surface area contributed by atoms with Crippen LogP contribution in [0.25, 0.3) is 0 Å². The highest BCUT2D eigenvalue weighted by molar-refractivity contribution is 5.25. The van der Waals surface area contributed by atoms with Crippen LogP contribution in [0.3, 0.4) is 0 Å². The monoisotopic (exact) mass is 195 g/mol. The second kappa shape index (κ2) is 3.98. The van der Waals surface area contributed by atoms with Crippen LogP contribution in [0.15, 0.2) is 6.20 Å². The van der Waals surface area contributed by atoms with Gasteiger partial charge in [-0.25, -0.2) is 10.8 Å². The van der Waals surface area contributed by atoms with Crippen molar-refractivity contribution in [3.05, 3.63) is 11.9 Å². The van der Waals surface area contributed by atoms with E-state index in [0.717, 1.165) is 13.1 Å². The van der Waals surface area contributed by atoms with Crippen molar-refractivity contribution in [2.24, 2.45) is 5.84 Å². The maximum Gasteiger partial charge on any atom is 0.214 e. The number of imidazole rings is 1. The first-order valence-corrected chi connectivity index (χ1v) is 4.99. The summed E-state index contributed by atoms with van der Waals surface area (Å²) in [5.41, 5.74) is 3.72. The average molecular weight is 195 g/mol. The van der Waals surface area contributed by atoms with Crippen LogP contribution in [0.1, 0.15) is 24.5 Å². The number of nitrogen functional groups attached to an aromatic ring is 1. The van der Waals surface area contributed by atoms with Crippen LogP contribution in [-0.2, 0) is 0 Å². The molecule has 5 heteroatoms. The van der Waals surface area contributed by atoms with Crippen LogP contribution >= 0.6 is 0 Å². The first-order valence-electron chi connectivity index (χ1n) is 4.99. The lowest BCUT2D eigenvalue weighted by Gasteiger charge is -2.27. The zero-order valence-electron chi connectivity index (χ0n) is 8.45. The molecule has 0 bridgehead atoms. The third-order valence-electron chi connectivity index (χ3n) is 2.89. The quantitative estimate of drug-likeness (QED) is 0.475. The number of nitrogens with one attached hydrogen (secondary N) is 2. The topological polar surface area (TPSA) is 70.0 Å². The Bertz CT molecular complexity index is 287. The van der Waals surface area contributed by atoms with Crippen molar-refractivity contribution in [1.29, 1.82) is 0 Å². The summed E-state index contributed by atoms with van der Waals surface area (Å²) in [7, 11) is 2.16. The third kappa shape index (κ3) is 1.88. The Morgan fingerprint density at radius 2 is 2.29 bits per heavy atom. The van der Waals surface area contributed by atoms with E-state index in [1.165, 1.54) is 18.5 Å². The lowest BCUT2D eigenvalue weighted by atomic mass is 9.94. The largest absolute Gasteiger partial charge is 0.327 e. The lowest BCUT2D eigenvalue weighted by Crippen LogP contribution is -2.29. The van der Waals surface area contributed by atoms with Crippen LogP contribution < -0.4 is 11.3 Å². The number of anilines is 1. The maximum atomic E-state index is 5.26. The summed E-state index contributed by atoms with van der Waals surface area (Å²) in [4.78, 5) is 9.66. The molecule has 0 unspecified atom stereocenters. The van der Waals surface area contributed by atoms with E-state index >= 15 is 0 Å². The first kappa shape index (κ1) is 9.48. The van der Waals surface area contributed by atoms with Gasteiger partial charge in [0.2, 0.25) is 5.95 Å². The molecule has 4 N–H and O–H groups in total. The van der Waals surface area contributed by atoms with Crippen molar-refractivity contribution >= 4 is 5.95 Å². The standard InChI is InChI=1S/C9H17N5/c1-14-4-2-7(3-5-14)8-6-11-9(12-8)13-10/h6-7H,2-5,10H2,1H3,(H2,11,12,13). The van der Waals surface area contributed by atoms with E-state index in [0.29, 0.717) is 11.9 Å². The van der Waals surface area contributed by atoms with Gasteiger partial charge in [-0.1, -0.05) is 0 Å².